The average Bonchev–Trinajstić information content (AvgIpc) is 2.92. The van der Waals surface area contributed by atoms with Crippen molar-refractivity contribution in [3.63, 3.8) is 0 Å². The second kappa shape index (κ2) is 7.81. The van der Waals surface area contributed by atoms with Crippen molar-refractivity contribution in [3.8, 4) is 0 Å². The summed E-state index contributed by atoms with van der Waals surface area (Å²) in [4.78, 5) is 35.0. The van der Waals surface area contributed by atoms with Gasteiger partial charge in [-0.05, 0) is 39.0 Å². The summed E-state index contributed by atoms with van der Waals surface area (Å²) >= 11 is 0. The number of aromatic nitrogens is 1. The van der Waals surface area contributed by atoms with Gasteiger partial charge < -0.3 is 14.6 Å². The Morgan fingerprint density at radius 2 is 1.96 bits per heavy atom. The number of hydrogen-bond acceptors (Lipinski definition) is 6. The van der Waals surface area contributed by atoms with Crippen molar-refractivity contribution in [1.82, 2.24) is 4.57 Å². The normalized spacial score (nSPS) is 10.5. The molecular weight excluding hydrogens is 338 g/mol. The Balaban J connectivity index is 2.13. The first-order valence-electron chi connectivity index (χ1n) is 8.13. The second-order valence-corrected chi connectivity index (χ2v) is 5.77. The highest BCUT2D eigenvalue weighted by Crippen LogP contribution is 2.25. The number of ether oxygens (including phenoxy) is 1. The average molecular weight is 359 g/mol. The van der Waals surface area contributed by atoms with Gasteiger partial charge in [0.15, 0.2) is 6.61 Å². The molecule has 0 radical (unpaired) electrons. The highest BCUT2D eigenvalue weighted by atomic mass is 16.6. The van der Waals surface area contributed by atoms with Gasteiger partial charge in [0, 0.05) is 36.6 Å². The minimum atomic E-state index is -0.784. The zero-order chi connectivity index (χ0) is 19.4. The molecule has 138 valence electrons. The minimum Gasteiger partial charge on any atom is -0.454 e. The molecule has 0 fully saturated rings. The molecule has 8 heteroatoms. The molecule has 0 amide bonds. The number of nitrogens with one attached hydrogen (secondary N) is 1. The largest absolute Gasteiger partial charge is 0.454 e. The van der Waals surface area contributed by atoms with Gasteiger partial charge in [0.05, 0.1) is 10.5 Å². The number of carbonyl (C=O) groups excluding carboxylic acids is 2. The first-order valence-corrected chi connectivity index (χ1v) is 8.13. The zero-order valence-electron chi connectivity index (χ0n) is 15.2. The number of benzene rings is 1. The maximum atomic E-state index is 12.3. The summed E-state index contributed by atoms with van der Waals surface area (Å²) in [6.07, 6.45) is 0. The predicted octanol–water partition coefficient (Wildman–Crippen LogP) is 3.11. The Kier molecular flexibility index (Phi) is 5.76. The lowest BCUT2D eigenvalue weighted by Gasteiger charge is -2.07. The number of anilines is 1. The molecule has 1 aromatic carbocycles. The molecule has 1 aromatic heterocycles. The molecule has 0 saturated carbocycles. The molecule has 2 aromatic rings. The van der Waals surface area contributed by atoms with Crippen LogP contribution in [0, 0.1) is 24.0 Å². The van der Waals surface area contributed by atoms with E-state index in [4.69, 9.17) is 4.74 Å². The highest BCUT2D eigenvalue weighted by molar-refractivity contribution is 6.00. The molecule has 0 unspecified atom stereocenters. The maximum Gasteiger partial charge on any atom is 0.338 e. The van der Waals surface area contributed by atoms with Crippen LogP contribution in [0.4, 0.5) is 11.4 Å². The summed E-state index contributed by atoms with van der Waals surface area (Å²) in [7, 11) is 1.55. The lowest BCUT2D eigenvalue weighted by Crippen LogP contribution is -2.15. The summed E-state index contributed by atoms with van der Waals surface area (Å²) in [6.45, 7) is 6.05. The fourth-order valence-corrected chi connectivity index (χ4v) is 2.88. The molecule has 0 saturated heterocycles. The van der Waals surface area contributed by atoms with Gasteiger partial charge in [0.1, 0.15) is 5.69 Å². The fraction of sp³-hybridized carbons (Fsp3) is 0.333. The number of aryl methyl sites for hydroxylation is 1. The summed E-state index contributed by atoms with van der Waals surface area (Å²) < 4.78 is 7.04. The number of hydrogen-bond donors (Lipinski definition) is 1. The Morgan fingerprint density at radius 1 is 1.27 bits per heavy atom. The molecule has 26 heavy (non-hydrogen) atoms. The fourth-order valence-electron chi connectivity index (χ4n) is 2.88. The summed E-state index contributed by atoms with van der Waals surface area (Å²) in [5.41, 5.74) is 2.35. The van der Waals surface area contributed by atoms with Crippen LogP contribution in [-0.2, 0) is 11.3 Å². The van der Waals surface area contributed by atoms with Crippen molar-refractivity contribution in [1.29, 1.82) is 0 Å². The molecule has 0 aliphatic rings. The quantitative estimate of drug-likeness (QED) is 0.353. The van der Waals surface area contributed by atoms with E-state index in [1.54, 1.807) is 13.1 Å². The molecular formula is C18H21N3O5. The summed E-state index contributed by atoms with van der Waals surface area (Å²) in [6, 6.07) is 5.73. The van der Waals surface area contributed by atoms with Gasteiger partial charge in [-0.3, -0.25) is 14.9 Å². The standard InChI is InChI=1S/C18H21N3O5/c1-5-20-11(2)8-14(12(20)3)17(22)10-26-18(23)13-6-7-15(19-4)16(9-13)21(24)25/h6-9,19H,5,10H2,1-4H3. The number of esters is 1. The smallest absolute Gasteiger partial charge is 0.338 e. The van der Waals surface area contributed by atoms with Crippen LogP contribution in [0.15, 0.2) is 24.3 Å². The summed E-state index contributed by atoms with van der Waals surface area (Å²) in [5.74, 6) is -1.10. The van der Waals surface area contributed by atoms with Gasteiger partial charge in [-0.25, -0.2) is 4.79 Å². The Labute approximate surface area is 150 Å². The van der Waals surface area contributed by atoms with Crippen molar-refractivity contribution in [2.75, 3.05) is 19.0 Å². The third-order valence-electron chi connectivity index (χ3n) is 4.22. The van der Waals surface area contributed by atoms with E-state index in [0.717, 1.165) is 24.0 Å². The van der Waals surface area contributed by atoms with E-state index in [0.29, 0.717) is 5.56 Å². The van der Waals surface area contributed by atoms with E-state index >= 15 is 0 Å². The van der Waals surface area contributed by atoms with Crippen LogP contribution in [0.3, 0.4) is 0 Å². The number of nitro benzene ring substituents is 1. The third-order valence-corrected chi connectivity index (χ3v) is 4.22. The molecule has 0 atom stereocenters. The first kappa shape index (κ1) is 19.2. The summed E-state index contributed by atoms with van der Waals surface area (Å²) in [5, 5.41) is 13.7. The Morgan fingerprint density at radius 3 is 2.50 bits per heavy atom. The first-order chi connectivity index (χ1) is 12.3. The lowest BCUT2D eigenvalue weighted by molar-refractivity contribution is -0.384. The van der Waals surface area contributed by atoms with Crippen LogP contribution < -0.4 is 5.32 Å². The molecule has 0 aliphatic carbocycles. The maximum absolute atomic E-state index is 12.3. The monoisotopic (exact) mass is 359 g/mol. The van der Waals surface area contributed by atoms with Crippen molar-refractivity contribution in [3.05, 3.63) is 56.9 Å². The van der Waals surface area contributed by atoms with Gasteiger partial charge in [-0.2, -0.15) is 0 Å². The van der Waals surface area contributed by atoms with E-state index in [9.17, 15) is 19.7 Å². The van der Waals surface area contributed by atoms with Gasteiger partial charge >= 0.3 is 5.97 Å². The Bertz CT molecular complexity index is 870. The SMILES string of the molecule is CCn1c(C)cc(C(=O)COC(=O)c2ccc(NC)c([N+](=O)[O-])c2)c1C. The van der Waals surface area contributed by atoms with Gasteiger partial charge in [0.25, 0.3) is 5.69 Å². The molecule has 8 nitrogen and oxygen atoms in total. The number of nitrogens with zero attached hydrogens (tertiary/aromatic N) is 2. The number of carbonyl (C=O) groups is 2. The number of nitro groups is 1. The van der Waals surface area contributed by atoms with E-state index in [1.807, 2.05) is 25.3 Å². The van der Waals surface area contributed by atoms with Crippen LogP contribution >= 0.6 is 0 Å². The number of ketones is 1. The van der Waals surface area contributed by atoms with E-state index < -0.39 is 17.5 Å². The van der Waals surface area contributed by atoms with Crippen LogP contribution in [0.25, 0.3) is 0 Å². The molecule has 0 spiro atoms. The number of Topliss-reactive ketones (excluding diaryl/α,β-unsaturated/α-hetero) is 1. The molecule has 1 heterocycles. The van der Waals surface area contributed by atoms with E-state index in [-0.39, 0.29) is 22.7 Å². The molecule has 0 bridgehead atoms. The van der Waals surface area contributed by atoms with Gasteiger partial charge in [0.2, 0.25) is 5.78 Å². The van der Waals surface area contributed by atoms with Crippen LogP contribution in [0.5, 0.6) is 0 Å². The number of rotatable bonds is 7. The van der Waals surface area contributed by atoms with E-state index in [2.05, 4.69) is 5.32 Å². The lowest BCUT2D eigenvalue weighted by atomic mass is 10.1. The molecule has 2 rings (SSSR count). The van der Waals surface area contributed by atoms with Gasteiger partial charge in [-0.15, -0.1) is 0 Å². The van der Waals surface area contributed by atoms with Crippen molar-refractivity contribution in [2.24, 2.45) is 0 Å². The van der Waals surface area contributed by atoms with Crippen LogP contribution in [-0.4, -0.2) is 34.9 Å². The van der Waals surface area contributed by atoms with Crippen molar-refractivity contribution in [2.45, 2.75) is 27.3 Å². The van der Waals surface area contributed by atoms with E-state index in [1.165, 1.54) is 12.1 Å². The molecule has 1 N–H and O–H groups in total. The molecule has 0 aliphatic heterocycles. The minimum absolute atomic E-state index is 0.0162. The highest BCUT2D eigenvalue weighted by Gasteiger charge is 2.20. The Hall–Kier alpha value is -3.16. The van der Waals surface area contributed by atoms with Crippen LogP contribution in [0.2, 0.25) is 0 Å². The third kappa shape index (κ3) is 3.74. The van der Waals surface area contributed by atoms with Gasteiger partial charge in [-0.1, -0.05) is 0 Å². The van der Waals surface area contributed by atoms with Crippen LogP contribution in [0.1, 0.15) is 39.0 Å². The van der Waals surface area contributed by atoms with Crippen molar-refractivity contribution < 1.29 is 19.2 Å². The second-order valence-electron chi connectivity index (χ2n) is 5.77. The zero-order valence-corrected chi connectivity index (χ0v) is 15.2. The topological polar surface area (TPSA) is 103 Å². The van der Waals surface area contributed by atoms with Crippen molar-refractivity contribution >= 4 is 23.1 Å². The predicted molar refractivity (Wildman–Crippen MR) is 96.8 cm³/mol.